The number of carbonyl (C=O) groups is 1. The summed E-state index contributed by atoms with van der Waals surface area (Å²) in [5, 5.41) is 4.17. The van der Waals surface area contributed by atoms with Crippen molar-refractivity contribution in [3.05, 3.63) is 71.8 Å². The van der Waals surface area contributed by atoms with Gasteiger partial charge >= 0.3 is 5.97 Å². The highest BCUT2D eigenvalue weighted by atomic mass is 16.7. The molecule has 0 radical (unpaired) electrons. The van der Waals surface area contributed by atoms with Gasteiger partial charge in [0.05, 0.1) is 11.3 Å². The molecule has 2 aromatic rings. The van der Waals surface area contributed by atoms with Gasteiger partial charge in [-0.1, -0.05) is 60.6 Å². The smallest absolute Gasteiger partial charge is 0.313 e. The van der Waals surface area contributed by atoms with Crippen molar-refractivity contribution in [3.8, 4) is 0 Å². The maximum absolute atomic E-state index is 12.0. The maximum Gasteiger partial charge on any atom is 0.365 e. The topological polar surface area (TPSA) is 41.9 Å². The average molecular weight is 336 g/mol. The van der Waals surface area contributed by atoms with Gasteiger partial charge in [0.2, 0.25) is 0 Å². The normalized spacial score (nSPS) is 22.7. The fraction of sp³-hybridized carbons (Fsp3) is 0.333. The third kappa shape index (κ3) is 4.54. The van der Waals surface area contributed by atoms with Gasteiger partial charge in [-0.2, -0.15) is 0 Å². The summed E-state index contributed by atoms with van der Waals surface area (Å²) >= 11 is 0. The predicted octanol–water partition coefficient (Wildman–Crippen LogP) is 4.13. The summed E-state index contributed by atoms with van der Waals surface area (Å²) in [5.74, 6) is -0.136. The number of rotatable bonds is 4. The lowest BCUT2D eigenvalue weighted by molar-refractivity contribution is 0.0506. The minimum Gasteiger partial charge on any atom is -0.313 e. The first-order valence-corrected chi connectivity index (χ1v) is 8.74. The highest BCUT2D eigenvalue weighted by Crippen LogP contribution is 2.22. The SMILES string of the molecule is C[C@@H]1CN(Cc2ccccc2)[C@@H](C)C/C1=N/OC(=O)c1ccccc1. The van der Waals surface area contributed by atoms with E-state index in [2.05, 4.69) is 48.2 Å². The van der Waals surface area contributed by atoms with Crippen LogP contribution < -0.4 is 0 Å². The molecular weight excluding hydrogens is 312 g/mol. The summed E-state index contributed by atoms with van der Waals surface area (Å²) in [4.78, 5) is 19.7. The number of likely N-dealkylation sites (tertiary alicyclic amines) is 1. The summed E-state index contributed by atoms with van der Waals surface area (Å²) in [5.41, 5.74) is 2.80. The van der Waals surface area contributed by atoms with Crippen molar-refractivity contribution in [2.24, 2.45) is 11.1 Å². The monoisotopic (exact) mass is 336 g/mol. The van der Waals surface area contributed by atoms with E-state index in [9.17, 15) is 4.79 Å². The molecule has 130 valence electrons. The van der Waals surface area contributed by atoms with Gasteiger partial charge in [-0.05, 0) is 24.6 Å². The van der Waals surface area contributed by atoms with Crippen molar-refractivity contribution >= 4 is 11.7 Å². The van der Waals surface area contributed by atoms with Gasteiger partial charge in [-0.3, -0.25) is 4.90 Å². The lowest BCUT2D eigenvalue weighted by Crippen LogP contribution is -2.45. The fourth-order valence-electron chi connectivity index (χ4n) is 3.16. The Hall–Kier alpha value is -2.46. The second-order valence-electron chi connectivity index (χ2n) is 6.70. The Kier molecular flexibility index (Phi) is 5.61. The minimum absolute atomic E-state index is 0.267. The number of hydrogen-bond acceptors (Lipinski definition) is 4. The van der Waals surface area contributed by atoms with E-state index in [4.69, 9.17) is 4.84 Å². The van der Waals surface area contributed by atoms with Crippen molar-refractivity contribution in [1.82, 2.24) is 4.90 Å². The second kappa shape index (κ2) is 8.08. The predicted molar refractivity (Wildman–Crippen MR) is 99.4 cm³/mol. The van der Waals surface area contributed by atoms with Crippen LogP contribution in [0.4, 0.5) is 0 Å². The molecule has 0 unspecified atom stereocenters. The van der Waals surface area contributed by atoms with E-state index in [0.717, 1.165) is 25.2 Å². The van der Waals surface area contributed by atoms with Gasteiger partial charge in [0.15, 0.2) is 0 Å². The Labute approximate surface area is 149 Å². The number of oxime groups is 1. The van der Waals surface area contributed by atoms with E-state index in [-0.39, 0.29) is 5.92 Å². The van der Waals surface area contributed by atoms with Crippen LogP contribution in [0.3, 0.4) is 0 Å². The molecule has 25 heavy (non-hydrogen) atoms. The Morgan fingerprint density at radius 2 is 1.72 bits per heavy atom. The first-order valence-electron chi connectivity index (χ1n) is 8.74. The van der Waals surface area contributed by atoms with Crippen LogP contribution in [0, 0.1) is 5.92 Å². The lowest BCUT2D eigenvalue weighted by Gasteiger charge is -2.37. The fourth-order valence-corrected chi connectivity index (χ4v) is 3.16. The Morgan fingerprint density at radius 1 is 1.08 bits per heavy atom. The van der Waals surface area contributed by atoms with E-state index >= 15 is 0 Å². The zero-order valence-corrected chi connectivity index (χ0v) is 14.8. The van der Waals surface area contributed by atoms with Crippen LogP contribution in [0.2, 0.25) is 0 Å². The van der Waals surface area contributed by atoms with E-state index in [1.54, 1.807) is 12.1 Å². The quantitative estimate of drug-likeness (QED) is 0.623. The van der Waals surface area contributed by atoms with Crippen molar-refractivity contribution < 1.29 is 9.63 Å². The first-order chi connectivity index (χ1) is 12.1. The summed E-state index contributed by atoms with van der Waals surface area (Å²) in [6.07, 6.45) is 0.816. The number of piperidine rings is 1. The maximum atomic E-state index is 12.0. The highest BCUT2D eigenvalue weighted by Gasteiger charge is 2.28. The molecular formula is C21H24N2O2. The van der Waals surface area contributed by atoms with E-state index in [1.807, 2.05) is 24.3 Å². The van der Waals surface area contributed by atoms with Gasteiger partial charge in [-0.15, -0.1) is 0 Å². The molecule has 4 nitrogen and oxygen atoms in total. The molecule has 0 N–H and O–H groups in total. The van der Waals surface area contributed by atoms with Crippen LogP contribution in [0.15, 0.2) is 65.8 Å². The molecule has 1 saturated heterocycles. The molecule has 0 saturated carbocycles. The molecule has 0 spiro atoms. The molecule has 3 rings (SSSR count). The molecule has 0 aliphatic carbocycles. The van der Waals surface area contributed by atoms with Crippen LogP contribution in [0.25, 0.3) is 0 Å². The summed E-state index contributed by atoms with van der Waals surface area (Å²) < 4.78 is 0. The molecule has 0 bridgehead atoms. The van der Waals surface area contributed by atoms with Gasteiger partial charge in [-0.25, -0.2) is 4.79 Å². The van der Waals surface area contributed by atoms with E-state index in [1.165, 1.54) is 5.56 Å². The number of hydrogen-bond donors (Lipinski definition) is 0. The molecule has 2 atom stereocenters. The van der Waals surface area contributed by atoms with Crippen molar-refractivity contribution in [1.29, 1.82) is 0 Å². The third-order valence-corrected chi connectivity index (χ3v) is 4.69. The van der Waals surface area contributed by atoms with Crippen LogP contribution in [0.1, 0.15) is 36.2 Å². The van der Waals surface area contributed by atoms with Gasteiger partial charge in [0.1, 0.15) is 0 Å². The van der Waals surface area contributed by atoms with Gasteiger partial charge in [0, 0.05) is 31.5 Å². The third-order valence-electron chi connectivity index (χ3n) is 4.69. The van der Waals surface area contributed by atoms with Crippen LogP contribution >= 0.6 is 0 Å². The number of carbonyl (C=O) groups excluding carboxylic acids is 1. The van der Waals surface area contributed by atoms with Crippen LogP contribution in [0.5, 0.6) is 0 Å². The Balaban J connectivity index is 1.61. The molecule has 1 heterocycles. The molecule has 2 aromatic carbocycles. The van der Waals surface area contributed by atoms with E-state index < -0.39 is 5.97 Å². The van der Waals surface area contributed by atoms with Gasteiger partial charge in [0.25, 0.3) is 0 Å². The standard InChI is InChI=1S/C21H24N2O2/c1-16-14-23(15-18-9-5-3-6-10-18)17(2)13-20(16)22-25-21(24)19-11-7-4-8-12-19/h3-12,16-17H,13-15H2,1-2H3/b22-20-/t16-,17+/m1/s1. The summed E-state index contributed by atoms with van der Waals surface area (Å²) in [6, 6.07) is 19.8. The van der Waals surface area contributed by atoms with Gasteiger partial charge < -0.3 is 4.84 Å². The molecule has 1 aliphatic heterocycles. The lowest BCUT2D eigenvalue weighted by atomic mass is 9.92. The highest BCUT2D eigenvalue weighted by molar-refractivity contribution is 5.91. The Bertz CT molecular complexity index is 728. The van der Waals surface area contributed by atoms with Crippen molar-refractivity contribution in [2.75, 3.05) is 6.54 Å². The molecule has 0 aromatic heterocycles. The molecule has 1 fully saturated rings. The number of benzene rings is 2. The number of nitrogens with zero attached hydrogens (tertiary/aromatic N) is 2. The average Bonchev–Trinajstić information content (AvgIpc) is 2.64. The molecule has 1 aliphatic rings. The van der Waals surface area contributed by atoms with Crippen LogP contribution in [-0.4, -0.2) is 29.2 Å². The molecule has 0 amide bonds. The minimum atomic E-state index is -0.403. The zero-order valence-electron chi connectivity index (χ0n) is 14.8. The van der Waals surface area contributed by atoms with Crippen LogP contribution in [-0.2, 0) is 11.4 Å². The van der Waals surface area contributed by atoms with Crippen molar-refractivity contribution in [3.63, 3.8) is 0 Å². The second-order valence-corrected chi connectivity index (χ2v) is 6.70. The first kappa shape index (κ1) is 17.4. The largest absolute Gasteiger partial charge is 0.365 e. The van der Waals surface area contributed by atoms with Crippen molar-refractivity contribution in [2.45, 2.75) is 32.9 Å². The Morgan fingerprint density at radius 3 is 2.40 bits per heavy atom. The summed E-state index contributed by atoms with van der Waals surface area (Å²) in [6.45, 7) is 6.18. The molecule has 4 heteroatoms. The zero-order chi connectivity index (χ0) is 17.6. The van der Waals surface area contributed by atoms with E-state index in [0.29, 0.717) is 11.6 Å². The summed E-state index contributed by atoms with van der Waals surface area (Å²) in [7, 11) is 0.